The minimum atomic E-state index is 0.836. The van der Waals surface area contributed by atoms with E-state index in [9.17, 15) is 0 Å². The molecule has 1 aliphatic carbocycles. The Hall–Kier alpha value is -0.870. The highest BCUT2D eigenvalue weighted by atomic mass is 79.9. The van der Waals surface area contributed by atoms with E-state index in [2.05, 4.69) is 50.3 Å². The van der Waals surface area contributed by atoms with Gasteiger partial charge < -0.3 is 10.3 Å². The van der Waals surface area contributed by atoms with Gasteiger partial charge in [0.2, 0.25) is 0 Å². The smallest absolute Gasteiger partial charge is 0.121 e. The van der Waals surface area contributed by atoms with E-state index in [1.807, 2.05) is 0 Å². The summed E-state index contributed by atoms with van der Waals surface area (Å²) >= 11 is 3.51. The molecule has 1 heterocycles. The minimum absolute atomic E-state index is 0.836. The third-order valence-electron chi connectivity index (χ3n) is 3.21. The Morgan fingerprint density at radius 2 is 2.29 bits per heavy atom. The van der Waals surface area contributed by atoms with Crippen LogP contribution in [0.4, 0.5) is 0 Å². The number of aryl methyl sites for hydroxylation is 1. The maximum atomic E-state index is 4.63. The molecule has 0 bridgehead atoms. The topological polar surface area (TPSA) is 40.7 Å². The lowest BCUT2D eigenvalue weighted by molar-refractivity contribution is 0.624. The molecular weight excluding hydrogens is 278 g/mol. The Balaban J connectivity index is 1.77. The molecule has 90 valence electrons. The second kappa shape index (κ2) is 4.42. The van der Waals surface area contributed by atoms with Crippen LogP contribution in [0.1, 0.15) is 24.2 Å². The van der Waals surface area contributed by atoms with Crippen LogP contribution in [0.3, 0.4) is 0 Å². The minimum Gasteiger partial charge on any atom is -0.341 e. The molecule has 0 radical (unpaired) electrons. The first kappa shape index (κ1) is 11.2. The number of nitrogens with one attached hydrogen (secondary N) is 2. The van der Waals surface area contributed by atoms with Crippen molar-refractivity contribution in [3.63, 3.8) is 0 Å². The Bertz CT molecular complexity index is 543. The van der Waals surface area contributed by atoms with E-state index in [4.69, 9.17) is 0 Å². The van der Waals surface area contributed by atoms with Crippen molar-refractivity contribution < 1.29 is 0 Å². The van der Waals surface area contributed by atoms with E-state index >= 15 is 0 Å². The Morgan fingerprint density at radius 3 is 3.06 bits per heavy atom. The molecule has 1 aromatic heterocycles. The van der Waals surface area contributed by atoms with Gasteiger partial charge in [0, 0.05) is 4.47 Å². The highest BCUT2D eigenvalue weighted by Crippen LogP contribution is 2.27. The summed E-state index contributed by atoms with van der Waals surface area (Å²) in [5.41, 5.74) is 3.40. The number of nitrogens with zero attached hydrogens (tertiary/aromatic N) is 1. The number of imidazole rings is 1. The van der Waals surface area contributed by atoms with Crippen LogP contribution in [0.5, 0.6) is 0 Å². The summed E-state index contributed by atoms with van der Waals surface area (Å²) in [5.74, 6) is 1.94. The van der Waals surface area contributed by atoms with Crippen LogP contribution in [0.15, 0.2) is 16.6 Å². The second-order valence-electron chi connectivity index (χ2n) is 4.88. The lowest BCUT2D eigenvalue weighted by atomic mass is 10.2. The molecule has 17 heavy (non-hydrogen) atoms. The number of aromatic nitrogens is 2. The van der Waals surface area contributed by atoms with Crippen molar-refractivity contribution in [1.29, 1.82) is 0 Å². The number of halogens is 1. The largest absolute Gasteiger partial charge is 0.341 e. The van der Waals surface area contributed by atoms with Crippen molar-refractivity contribution >= 4 is 27.0 Å². The van der Waals surface area contributed by atoms with Crippen molar-refractivity contribution in [2.45, 2.75) is 26.3 Å². The maximum absolute atomic E-state index is 4.63. The molecule has 1 aliphatic rings. The second-order valence-corrected chi connectivity index (χ2v) is 5.79. The quantitative estimate of drug-likeness (QED) is 0.909. The molecule has 0 aliphatic heterocycles. The average Bonchev–Trinajstić information content (AvgIpc) is 2.98. The average molecular weight is 294 g/mol. The number of hydrogen-bond donors (Lipinski definition) is 2. The van der Waals surface area contributed by atoms with Crippen LogP contribution in [-0.2, 0) is 6.54 Å². The van der Waals surface area contributed by atoms with Crippen molar-refractivity contribution in [1.82, 2.24) is 15.3 Å². The van der Waals surface area contributed by atoms with Gasteiger partial charge in [-0.3, -0.25) is 0 Å². The van der Waals surface area contributed by atoms with Crippen molar-refractivity contribution in [3.8, 4) is 0 Å². The van der Waals surface area contributed by atoms with Gasteiger partial charge in [-0.05, 0) is 49.9 Å². The van der Waals surface area contributed by atoms with E-state index < -0.39 is 0 Å². The predicted octanol–water partition coefficient (Wildman–Crippen LogP) is 3.13. The number of benzene rings is 1. The van der Waals surface area contributed by atoms with Crippen molar-refractivity contribution in [2.75, 3.05) is 6.54 Å². The molecule has 4 heteroatoms. The molecule has 3 nitrogen and oxygen atoms in total. The third kappa shape index (κ3) is 2.53. The normalized spacial score (nSPS) is 15.6. The van der Waals surface area contributed by atoms with Gasteiger partial charge in [0.25, 0.3) is 0 Å². The molecular formula is C13H16BrN3. The summed E-state index contributed by atoms with van der Waals surface area (Å²) in [5, 5.41) is 3.45. The lowest BCUT2D eigenvalue weighted by Gasteiger charge is -1.99. The van der Waals surface area contributed by atoms with Crippen LogP contribution >= 0.6 is 15.9 Å². The fraction of sp³-hybridized carbons (Fsp3) is 0.462. The Labute approximate surface area is 109 Å². The van der Waals surface area contributed by atoms with Gasteiger partial charge in [0.15, 0.2) is 0 Å². The summed E-state index contributed by atoms with van der Waals surface area (Å²) in [6.07, 6.45) is 2.78. The number of H-pyrrole nitrogens is 1. The molecule has 1 aromatic carbocycles. The summed E-state index contributed by atoms with van der Waals surface area (Å²) in [6.45, 7) is 4.05. The standard InChI is InChI=1S/C13H16BrN3/c1-8-4-10(14)5-11-13(8)17-12(16-11)7-15-6-9-2-3-9/h4-5,9,15H,2-3,6-7H2,1H3,(H,16,17). The zero-order valence-corrected chi connectivity index (χ0v) is 11.5. The van der Waals surface area contributed by atoms with Gasteiger partial charge in [0.05, 0.1) is 17.6 Å². The van der Waals surface area contributed by atoms with E-state index in [1.54, 1.807) is 0 Å². The summed E-state index contributed by atoms with van der Waals surface area (Å²) in [6, 6.07) is 4.18. The first-order valence-corrected chi connectivity index (χ1v) is 6.87. The monoisotopic (exact) mass is 293 g/mol. The highest BCUT2D eigenvalue weighted by molar-refractivity contribution is 9.10. The zero-order valence-electron chi connectivity index (χ0n) is 9.89. The van der Waals surface area contributed by atoms with Crippen LogP contribution in [0.25, 0.3) is 11.0 Å². The SMILES string of the molecule is Cc1cc(Br)cc2[nH]c(CNCC3CC3)nc12. The molecule has 0 amide bonds. The molecule has 1 fully saturated rings. The van der Waals surface area contributed by atoms with E-state index in [0.717, 1.165) is 40.3 Å². The molecule has 2 N–H and O–H groups in total. The Kier molecular flexibility index (Phi) is 2.92. The van der Waals surface area contributed by atoms with Crippen molar-refractivity contribution in [2.24, 2.45) is 5.92 Å². The molecule has 1 saturated carbocycles. The van der Waals surface area contributed by atoms with E-state index in [1.165, 1.54) is 18.4 Å². The maximum Gasteiger partial charge on any atom is 0.121 e. The number of hydrogen-bond acceptors (Lipinski definition) is 2. The first-order valence-electron chi connectivity index (χ1n) is 6.08. The molecule has 2 aromatic rings. The zero-order chi connectivity index (χ0) is 11.8. The molecule has 0 atom stereocenters. The number of aromatic amines is 1. The predicted molar refractivity (Wildman–Crippen MR) is 73.0 cm³/mol. The molecule has 0 saturated heterocycles. The van der Waals surface area contributed by atoms with Crippen LogP contribution in [0, 0.1) is 12.8 Å². The van der Waals surface area contributed by atoms with E-state index in [0.29, 0.717) is 0 Å². The summed E-state index contributed by atoms with van der Waals surface area (Å²) in [7, 11) is 0. The summed E-state index contributed by atoms with van der Waals surface area (Å²) < 4.78 is 1.10. The highest BCUT2D eigenvalue weighted by Gasteiger charge is 2.20. The number of rotatable bonds is 4. The van der Waals surface area contributed by atoms with Crippen LogP contribution in [0.2, 0.25) is 0 Å². The fourth-order valence-electron chi connectivity index (χ4n) is 2.10. The molecule has 0 unspecified atom stereocenters. The lowest BCUT2D eigenvalue weighted by Crippen LogP contribution is -2.16. The van der Waals surface area contributed by atoms with E-state index in [-0.39, 0.29) is 0 Å². The Morgan fingerprint density at radius 1 is 1.47 bits per heavy atom. The van der Waals surface area contributed by atoms with Gasteiger partial charge in [-0.1, -0.05) is 15.9 Å². The van der Waals surface area contributed by atoms with Crippen molar-refractivity contribution in [3.05, 3.63) is 28.0 Å². The van der Waals surface area contributed by atoms with Crippen LogP contribution < -0.4 is 5.32 Å². The van der Waals surface area contributed by atoms with Gasteiger partial charge >= 0.3 is 0 Å². The van der Waals surface area contributed by atoms with Gasteiger partial charge in [-0.15, -0.1) is 0 Å². The molecule has 3 rings (SSSR count). The summed E-state index contributed by atoms with van der Waals surface area (Å²) in [4.78, 5) is 8.00. The third-order valence-corrected chi connectivity index (χ3v) is 3.67. The molecule has 0 spiro atoms. The van der Waals surface area contributed by atoms with Gasteiger partial charge in [-0.2, -0.15) is 0 Å². The number of fused-ring (bicyclic) bond motifs is 1. The van der Waals surface area contributed by atoms with Gasteiger partial charge in [0.1, 0.15) is 5.82 Å². The first-order chi connectivity index (χ1) is 8.22. The fourth-order valence-corrected chi connectivity index (χ4v) is 2.67. The van der Waals surface area contributed by atoms with Gasteiger partial charge in [-0.25, -0.2) is 4.98 Å². The van der Waals surface area contributed by atoms with Crippen LogP contribution in [-0.4, -0.2) is 16.5 Å².